The lowest BCUT2D eigenvalue weighted by Crippen LogP contribution is -2.19. The van der Waals surface area contributed by atoms with Gasteiger partial charge in [-0.25, -0.2) is 0 Å². The second-order valence-electron chi connectivity index (χ2n) is 24.6. The van der Waals surface area contributed by atoms with Crippen molar-refractivity contribution in [3.8, 4) is 45.3 Å². The van der Waals surface area contributed by atoms with Crippen molar-refractivity contribution in [3.05, 3.63) is 179 Å². The highest BCUT2D eigenvalue weighted by molar-refractivity contribution is 7.99. The molecule has 0 saturated heterocycles. The summed E-state index contributed by atoms with van der Waals surface area (Å²) >= 11 is 1.68. The summed E-state index contributed by atoms with van der Waals surface area (Å²) < 4.78 is 14.6. The highest BCUT2D eigenvalue weighted by Crippen LogP contribution is 2.58. The SMILES string of the molecule is CCCCCC(C)(C)c1ccc(Oc2cc(C(N)=O)c3c(C(N)=O)c(-c4cccc5c4Nc4c(cccc4-c4c(C(C)C)cccc4C(C)C)S5)c(Oc4ccc(C(C)(C)CCCCC)cc4)c4c5cccc6cccc(c2c34)c65)cc1. The summed E-state index contributed by atoms with van der Waals surface area (Å²) in [7, 11) is 0. The van der Waals surface area contributed by atoms with Gasteiger partial charge in [0.25, 0.3) is 0 Å². The van der Waals surface area contributed by atoms with Gasteiger partial charge in [-0.3, -0.25) is 9.59 Å². The van der Waals surface area contributed by atoms with Gasteiger partial charge in [0.2, 0.25) is 11.8 Å². The molecule has 7 nitrogen and oxygen atoms in total. The summed E-state index contributed by atoms with van der Waals surface area (Å²) in [5, 5.41) is 10.1. The van der Waals surface area contributed by atoms with Crippen molar-refractivity contribution in [1.29, 1.82) is 0 Å². The zero-order valence-corrected chi connectivity index (χ0v) is 50.2. The number of carbonyl (C=O) groups excluding carboxylic acids is 2. The Morgan fingerprint density at radius 1 is 0.524 bits per heavy atom. The van der Waals surface area contributed by atoms with Gasteiger partial charge in [-0.2, -0.15) is 0 Å². The summed E-state index contributed by atoms with van der Waals surface area (Å²) in [6.07, 6.45) is 9.11. The van der Waals surface area contributed by atoms with E-state index < -0.39 is 11.8 Å². The number of carbonyl (C=O) groups is 2. The summed E-state index contributed by atoms with van der Waals surface area (Å²) in [5.74, 6) is 1.10. The minimum atomic E-state index is -0.735. The third-order valence-corrected chi connectivity index (χ3v) is 18.5. The fourth-order valence-corrected chi connectivity index (χ4v) is 14.0. The predicted octanol–water partition coefficient (Wildman–Crippen LogP) is 21.0. The molecule has 11 rings (SSSR count). The number of anilines is 2. The van der Waals surface area contributed by atoms with Gasteiger partial charge < -0.3 is 26.3 Å². The molecular weight excluding hydrogens is 1030 g/mol. The molecule has 0 aliphatic carbocycles. The van der Waals surface area contributed by atoms with Crippen LogP contribution in [0.25, 0.3) is 65.3 Å². The molecule has 0 atom stereocenters. The topological polar surface area (TPSA) is 117 Å². The largest absolute Gasteiger partial charge is 0.457 e. The lowest BCUT2D eigenvalue weighted by atomic mass is 9.80. The Morgan fingerprint density at radius 2 is 1.01 bits per heavy atom. The van der Waals surface area contributed by atoms with Crippen LogP contribution in [-0.4, -0.2) is 11.8 Å². The zero-order valence-electron chi connectivity index (χ0n) is 49.4. The maximum atomic E-state index is 15.2. The van der Waals surface area contributed by atoms with Gasteiger partial charge >= 0.3 is 0 Å². The van der Waals surface area contributed by atoms with Crippen molar-refractivity contribution in [1.82, 2.24) is 0 Å². The Bertz CT molecular complexity index is 4050. The highest BCUT2D eigenvalue weighted by atomic mass is 32.2. The van der Waals surface area contributed by atoms with E-state index in [0.29, 0.717) is 55.7 Å². The molecule has 0 saturated carbocycles. The van der Waals surface area contributed by atoms with E-state index in [0.717, 1.165) is 80.4 Å². The van der Waals surface area contributed by atoms with E-state index in [1.807, 2.05) is 42.5 Å². The van der Waals surface area contributed by atoms with Gasteiger partial charge in [0.05, 0.1) is 22.5 Å². The van der Waals surface area contributed by atoms with E-state index in [1.165, 1.54) is 47.1 Å². The number of para-hydroxylation sites is 2. The van der Waals surface area contributed by atoms with Gasteiger partial charge in [0.1, 0.15) is 23.0 Å². The van der Waals surface area contributed by atoms with Crippen LogP contribution in [0.3, 0.4) is 0 Å². The first-order valence-corrected chi connectivity index (χ1v) is 30.5. The number of hydrogen-bond acceptors (Lipinski definition) is 6. The van der Waals surface area contributed by atoms with Crippen molar-refractivity contribution >= 4 is 78.0 Å². The normalized spacial score (nSPS) is 12.6. The number of nitrogens with one attached hydrogen (secondary N) is 1. The molecule has 0 aromatic heterocycles. The van der Waals surface area contributed by atoms with Crippen LogP contribution in [0, 0.1) is 0 Å². The van der Waals surface area contributed by atoms with Crippen LogP contribution in [0.1, 0.15) is 175 Å². The molecule has 418 valence electrons. The average molecular weight is 1100 g/mol. The van der Waals surface area contributed by atoms with Crippen molar-refractivity contribution in [2.75, 3.05) is 5.32 Å². The monoisotopic (exact) mass is 1100 g/mol. The number of rotatable bonds is 20. The van der Waals surface area contributed by atoms with E-state index in [2.05, 4.69) is 172 Å². The lowest BCUT2D eigenvalue weighted by molar-refractivity contribution is 0.0998. The minimum Gasteiger partial charge on any atom is -0.457 e. The molecule has 5 N–H and O–H groups in total. The Morgan fingerprint density at radius 3 is 1.51 bits per heavy atom. The van der Waals surface area contributed by atoms with Crippen LogP contribution in [0.2, 0.25) is 0 Å². The smallest absolute Gasteiger partial charge is 0.250 e. The minimum absolute atomic E-state index is 0.0329. The molecule has 8 heteroatoms. The third kappa shape index (κ3) is 10.1. The molecule has 0 bridgehead atoms. The van der Waals surface area contributed by atoms with Crippen LogP contribution in [0.4, 0.5) is 11.4 Å². The highest BCUT2D eigenvalue weighted by Gasteiger charge is 2.35. The molecule has 0 fully saturated rings. The number of unbranched alkanes of at least 4 members (excludes halogenated alkanes) is 4. The first kappa shape index (κ1) is 56.1. The first-order chi connectivity index (χ1) is 39.4. The number of nitrogens with two attached hydrogens (primary N) is 2. The fourth-order valence-electron chi connectivity index (χ4n) is 12.9. The van der Waals surface area contributed by atoms with E-state index in [9.17, 15) is 4.79 Å². The Kier molecular flexibility index (Phi) is 15.4. The molecule has 0 spiro atoms. The van der Waals surface area contributed by atoms with Gasteiger partial charge in [-0.1, -0.05) is 223 Å². The Labute approximate surface area is 488 Å². The number of benzene rings is 10. The molecule has 0 radical (unpaired) electrons. The molecule has 10 aromatic rings. The first-order valence-electron chi connectivity index (χ1n) is 29.7. The van der Waals surface area contributed by atoms with Crippen molar-refractivity contribution in [2.24, 2.45) is 11.5 Å². The maximum Gasteiger partial charge on any atom is 0.250 e. The molecule has 2 amide bonds. The van der Waals surface area contributed by atoms with Crippen LogP contribution < -0.4 is 26.3 Å². The van der Waals surface area contributed by atoms with Gasteiger partial charge in [-0.05, 0) is 127 Å². The number of primary amides is 2. The second kappa shape index (κ2) is 22.5. The molecule has 0 unspecified atom stereocenters. The lowest BCUT2D eigenvalue weighted by Gasteiger charge is -2.30. The fraction of sp³-hybridized carbons (Fsp3) is 0.297. The Hall–Kier alpha value is -7.81. The number of ether oxygens (including phenoxy) is 2. The molecule has 10 aromatic carbocycles. The third-order valence-electron chi connectivity index (χ3n) is 17.4. The van der Waals surface area contributed by atoms with Gasteiger partial charge in [0.15, 0.2) is 0 Å². The number of amides is 2. The van der Waals surface area contributed by atoms with Crippen LogP contribution in [-0.2, 0) is 10.8 Å². The van der Waals surface area contributed by atoms with E-state index in [4.69, 9.17) is 20.9 Å². The van der Waals surface area contributed by atoms with E-state index >= 15 is 4.79 Å². The summed E-state index contributed by atoms with van der Waals surface area (Å²) in [6, 6.07) is 50.3. The van der Waals surface area contributed by atoms with Gasteiger partial charge in [0, 0.05) is 48.0 Å². The van der Waals surface area contributed by atoms with Crippen LogP contribution in [0.15, 0.2) is 155 Å². The molecule has 1 aliphatic heterocycles. The van der Waals surface area contributed by atoms with Crippen LogP contribution >= 0.6 is 11.8 Å². The molecule has 82 heavy (non-hydrogen) atoms. The summed E-state index contributed by atoms with van der Waals surface area (Å²) in [5.41, 5.74) is 23.8. The molecule has 1 aliphatic rings. The summed E-state index contributed by atoms with van der Waals surface area (Å²) in [4.78, 5) is 31.7. The predicted molar refractivity (Wildman–Crippen MR) is 345 cm³/mol. The molecule has 1 heterocycles. The zero-order chi connectivity index (χ0) is 57.8. The number of hydrogen-bond donors (Lipinski definition) is 3. The second-order valence-corrected chi connectivity index (χ2v) is 25.7. The van der Waals surface area contributed by atoms with Gasteiger partial charge in [-0.15, -0.1) is 0 Å². The molecular formula is C74H77N3O4S. The standard InChI is InChI=1S/C74H77N3O4S/c1-11-13-15-40-73(7,8)46-32-36-48(37-33-46)80-57-42-56(71(75)78)63-66-62(57)52-26-17-22-45-23-18-27-53(60(45)52)64(66)70(81-49-38-34-47(35-39-49)74(9,10)41-16-14-12-2)65(67(63)72(76)79)55-29-21-31-59-69(55)77-68-54(28-20-30-58(68)82-59)61-50(43(3)4)24-19-25-51(61)44(5)6/h17-39,42-44,77H,11-16,40-41H2,1-10H3,(H2,75,78)(H2,76,79). The average Bonchev–Trinajstić information content (AvgIpc) is 1.85. The van der Waals surface area contributed by atoms with Crippen molar-refractivity contribution < 1.29 is 19.1 Å². The Balaban J connectivity index is 1.22. The van der Waals surface area contributed by atoms with E-state index in [1.54, 1.807) is 17.8 Å². The van der Waals surface area contributed by atoms with E-state index in [-0.39, 0.29) is 33.8 Å². The van der Waals surface area contributed by atoms with Crippen molar-refractivity contribution in [2.45, 2.75) is 153 Å². The summed E-state index contributed by atoms with van der Waals surface area (Å²) in [6.45, 7) is 22.7. The number of fused-ring (bicyclic) bond motifs is 4. The maximum absolute atomic E-state index is 15.2. The van der Waals surface area contributed by atoms with Crippen LogP contribution in [0.5, 0.6) is 23.0 Å². The van der Waals surface area contributed by atoms with Crippen molar-refractivity contribution in [3.63, 3.8) is 0 Å². The quantitative estimate of drug-likeness (QED) is 0.0398.